The largest absolute Gasteiger partial charge is 0.399 e. The standard InChI is InChI=1S/C11H9N3O3/c1-17-13-8-9(7-12)6-10-4-2-3-5-11(10)14(15)16/h2-6,8H,1H3. The van der Waals surface area contributed by atoms with E-state index in [4.69, 9.17) is 5.26 Å². The molecule has 0 saturated heterocycles. The molecule has 0 spiro atoms. The Morgan fingerprint density at radius 1 is 1.59 bits per heavy atom. The molecule has 0 amide bonds. The molecule has 0 fully saturated rings. The van der Waals surface area contributed by atoms with Gasteiger partial charge in [0.1, 0.15) is 13.2 Å². The van der Waals surface area contributed by atoms with Crippen molar-refractivity contribution in [3.63, 3.8) is 0 Å². The van der Waals surface area contributed by atoms with E-state index in [2.05, 4.69) is 9.99 Å². The highest BCUT2D eigenvalue weighted by atomic mass is 16.6. The van der Waals surface area contributed by atoms with Crippen molar-refractivity contribution < 1.29 is 9.76 Å². The van der Waals surface area contributed by atoms with Crippen molar-refractivity contribution in [1.29, 1.82) is 5.26 Å². The van der Waals surface area contributed by atoms with E-state index in [0.29, 0.717) is 5.56 Å². The summed E-state index contributed by atoms with van der Waals surface area (Å²) in [5.41, 5.74) is 0.448. The fourth-order valence-corrected chi connectivity index (χ4v) is 1.15. The Balaban J connectivity index is 3.17. The lowest BCUT2D eigenvalue weighted by molar-refractivity contribution is -0.385. The quantitative estimate of drug-likeness (QED) is 0.343. The number of hydrogen-bond acceptors (Lipinski definition) is 5. The van der Waals surface area contributed by atoms with Crippen LogP contribution in [0, 0.1) is 21.4 Å². The van der Waals surface area contributed by atoms with Crippen molar-refractivity contribution in [2.24, 2.45) is 5.16 Å². The Labute approximate surface area is 97.6 Å². The van der Waals surface area contributed by atoms with E-state index in [0.717, 1.165) is 0 Å². The molecule has 0 aliphatic carbocycles. The smallest absolute Gasteiger partial charge is 0.276 e. The highest BCUT2D eigenvalue weighted by Gasteiger charge is 2.10. The van der Waals surface area contributed by atoms with E-state index in [1.165, 1.54) is 25.5 Å². The highest BCUT2D eigenvalue weighted by Crippen LogP contribution is 2.20. The molecule has 0 aliphatic heterocycles. The molecule has 0 saturated carbocycles. The van der Waals surface area contributed by atoms with E-state index < -0.39 is 4.92 Å². The molecular formula is C11H9N3O3. The number of para-hydroxylation sites is 1. The number of hydrogen-bond donors (Lipinski definition) is 0. The Kier molecular flexibility index (Phi) is 4.39. The maximum Gasteiger partial charge on any atom is 0.276 e. The molecule has 1 rings (SSSR count). The summed E-state index contributed by atoms with van der Waals surface area (Å²) in [4.78, 5) is 14.7. The zero-order valence-corrected chi connectivity index (χ0v) is 9.03. The predicted octanol–water partition coefficient (Wildman–Crippen LogP) is 2.13. The van der Waals surface area contributed by atoms with Crippen LogP contribution in [0.3, 0.4) is 0 Å². The van der Waals surface area contributed by atoms with Crippen LogP contribution in [-0.2, 0) is 4.84 Å². The van der Waals surface area contributed by atoms with Crippen LogP contribution in [0.2, 0.25) is 0 Å². The SMILES string of the molecule is CON=CC(C#N)=Cc1ccccc1[N+](=O)[O-]. The summed E-state index contributed by atoms with van der Waals surface area (Å²) in [6.45, 7) is 0. The van der Waals surface area contributed by atoms with Crippen molar-refractivity contribution >= 4 is 18.0 Å². The molecule has 1 aromatic rings. The van der Waals surface area contributed by atoms with Crippen molar-refractivity contribution in [2.45, 2.75) is 0 Å². The van der Waals surface area contributed by atoms with Gasteiger partial charge in [-0.05, 0) is 12.1 Å². The maximum absolute atomic E-state index is 10.7. The molecule has 0 bridgehead atoms. The first-order chi connectivity index (χ1) is 8.19. The third-order valence-corrected chi connectivity index (χ3v) is 1.87. The molecule has 6 nitrogen and oxygen atoms in total. The molecule has 1 aromatic carbocycles. The normalized spacial score (nSPS) is 11.2. The van der Waals surface area contributed by atoms with E-state index in [9.17, 15) is 10.1 Å². The third kappa shape index (κ3) is 3.43. The topological polar surface area (TPSA) is 88.5 Å². The monoisotopic (exact) mass is 231 g/mol. The Morgan fingerprint density at radius 2 is 2.29 bits per heavy atom. The van der Waals surface area contributed by atoms with Crippen LogP contribution >= 0.6 is 0 Å². The van der Waals surface area contributed by atoms with Gasteiger partial charge in [0.15, 0.2) is 0 Å². The number of oxime groups is 1. The Morgan fingerprint density at radius 3 is 2.88 bits per heavy atom. The summed E-state index contributed by atoms with van der Waals surface area (Å²) < 4.78 is 0. The van der Waals surface area contributed by atoms with Gasteiger partial charge >= 0.3 is 0 Å². The van der Waals surface area contributed by atoms with Gasteiger partial charge in [-0.15, -0.1) is 0 Å². The van der Waals surface area contributed by atoms with Crippen LogP contribution in [-0.4, -0.2) is 18.2 Å². The fraction of sp³-hybridized carbons (Fsp3) is 0.0909. The molecule has 0 radical (unpaired) electrons. The van der Waals surface area contributed by atoms with Crippen LogP contribution < -0.4 is 0 Å². The highest BCUT2D eigenvalue weighted by molar-refractivity contribution is 5.90. The second-order valence-electron chi connectivity index (χ2n) is 2.94. The summed E-state index contributed by atoms with van der Waals surface area (Å²) in [6, 6.07) is 8.00. The second-order valence-corrected chi connectivity index (χ2v) is 2.94. The number of nitriles is 1. The molecule has 6 heteroatoms. The lowest BCUT2D eigenvalue weighted by atomic mass is 10.1. The average molecular weight is 231 g/mol. The van der Waals surface area contributed by atoms with E-state index in [1.54, 1.807) is 18.2 Å². The van der Waals surface area contributed by atoms with E-state index >= 15 is 0 Å². The molecular weight excluding hydrogens is 222 g/mol. The van der Waals surface area contributed by atoms with Crippen LogP contribution in [0.5, 0.6) is 0 Å². The molecule has 17 heavy (non-hydrogen) atoms. The zero-order valence-electron chi connectivity index (χ0n) is 9.03. The van der Waals surface area contributed by atoms with Crippen LogP contribution in [0.1, 0.15) is 5.56 Å². The van der Waals surface area contributed by atoms with Crippen molar-refractivity contribution in [2.75, 3.05) is 7.11 Å². The van der Waals surface area contributed by atoms with Gasteiger partial charge in [-0.2, -0.15) is 5.26 Å². The number of nitrogens with zero attached hydrogens (tertiary/aromatic N) is 3. The van der Waals surface area contributed by atoms with Gasteiger partial charge in [-0.25, -0.2) is 0 Å². The lowest BCUT2D eigenvalue weighted by Gasteiger charge is -1.96. The molecule has 0 aliphatic rings. The van der Waals surface area contributed by atoms with Gasteiger partial charge in [0, 0.05) is 6.07 Å². The minimum absolute atomic E-state index is 0.0638. The van der Waals surface area contributed by atoms with Gasteiger partial charge in [0.2, 0.25) is 0 Å². The van der Waals surface area contributed by atoms with Gasteiger partial charge in [0.05, 0.1) is 22.3 Å². The van der Waals surface area contributed by atoms with Gasteiger partial charge in [-0.3, -0.25) is 10.1 Å². The molecule has 0 atom stereocenters. The second kappa shape index (κ2) is 6.02. The maximum atomic E-state index is 10.7. The van der Waals surface area contributed by atoms with E-state index in [-0.39, 0.29) is 11.3 Å². The van der Waals surface area contributed by atoms with E-state index in [1.807, 2.05) is 6.07 Å². The first-order valence-corrected chi connectivity index (χ1v) is 4.60. The lowest BCUT2D eigenvalue weighted by Crippen LogP contribution is -1.92. The molecule has 0 heterocycles. The number of rotatable bonds is 4. The molecule has 0 N–H and O–H groups in total. The molecule has 0 unspecified atom stereocenters. The first-order valence-electron chi connectivity index (χ1n) is 4.60. The Hall–Kier alpha value is -2.68. The Bertz CT molecular complexity index is 515. The zero-order chi connectivity index (χ0) is 12.7. The summed E-state index contributed by atoms with van der Waals surface area (Å²) in [6.07, 6.45) is 2.57. The first kappa shape index (κ1) is 12.4. The predicted molar refractivity (Wildman–Crippen MR) is 62.2 cm³/mol. The number of nitro groups is 1. The summed E-state index contributed by atoms with van der Waals surface area (Å²) >= 11 is 0. The number of benzene rings is 1. The van der Waals surface area contributed by atoms with Crippen molar-refractivity contribution in [3.05, 3.63) is 45.5 Å². The van der Waals surface area contributed by atoms with Crippen LogP contribution in [0.4, 0.5) is 5.69 Å². The van der Waals surface area contributed by atoms with Crippen molar-refractivity contribution in [3.8, 4) is 6.07 Å². The number of allylic oxidation sites excluding steroid dienone is 1. The summed E-state index contributed by atoms with van der Waals surface area (Å²) in [5.74, 6) is 0. The third-order valence-electron chi connectivity index (χ3n) is 1.87. The fourth-order valence-electron chi connectivity index (χ4n) is 1.15. The van der Waals surface area contributed by atoms with Gasteiger partial charge < -0.3 is 4.84 Å². The van der Waals surface area contributed by atoms with Crippen LogP contribution in [0.25, 0.3) is 6.08 Å². The summed E-state index contributed by atoms with van der Waals surface area (Å²) in [7, 11) is 1.34. The minimum atomic E-state index is -0.506. The number of nitro benzene ring substituents is 1. The minimum Gasteiger partial charge on any atom is -0.399 e. The van der Waals surface area contributed by atoms with Gasteiger partial charge in [-0.1, -0.05) is 17.3 Å². The van der Waals surface area contributed by atoms with Gasteiger partial charge in [0.25, 0.3) is 5.69 Å². The summed E-state index contributed by atoms with van der Waals surface area (Å²) in [5, 5.41) is 23.0. The van der Waals surface area contributed by atoms with Crippen molar-refractivity contribution in [1.82, 2.24) is 0 Å². The van der Waals surface area contributed by atoms with Crippen LogP contribution in [0.15, 0.2) is 35.0 Å². The molecule has 0 aromatic heterocycles. The molecule has 86 valence electrons. The average Bonchev–Trinajstić information content (AvgIpc) is 2.34.